The number of aromatic carboxylic acids is 1. The molecule has 174 valence electrons. The first-order valence-corrected chi connectivity index (χ1v) is 11.4. The number of carbonyl (C=O) groups is 3. The normalized spacial score (nSPS) is 18.4. The van der Waals surface area contributed by atoms with Crippen LogP contribution in [0.25, 0.3) is 0 Å². The van der Waals surface area contributed by atoms with E-state index in [9.17, 15) is 19.5 Å². The van der Waals surface area contributed by atoms with Gasteiger partial charge in [-0.05, 0) is 49.1 Å². The molecular formula is C25H25N5O4. The lowest BCUT2D eigenvalue weighted by atomic mass is 9.83. The predicted octanol–water partition coefficient (Wildman–Crippen LogP) is 2.79. The molecule has 0 saturated carbocycles. The van der Waals surface area contributed by atoms with E-state index in [-0.39, 0.29) is 29.3 Å². The lowest BCUT2D eigenvalue weighted by molar-refractivity contribution is 0.0431. The van der Waals surface area contributed by atoms with E-state index in [1.165, 1.54) is 12.1 Å². The first-order chi connectivity index (χ1) is 16.5. The molecule has 1 saturated heterocycles. The van der Waals surface area contributed by atoms with Gasteiger partial charge in [-0.15, -0.1) is 0 Å². The van der Waals surface area contributed by atoms with Gasteiger partial charge in [0.25, 0.3) is 11.8 Å². The van der Waals surface area contributed by atoms with E-state index in [0.717, 1.165) is 30.7 Å². The van der Waals surface area contributed by atoms with Gasteiger partial charge < -0.3 is 19.9 Å². The van der Waals surface area contributed by atoms with Crippen LogP contribution in [-0.2, 0) is 6.42 Å². The molecule has 0 bridgehead atoms. The highest BCUT2D eigenvalue weighted by Crippen LogP contribution is 2.39. The smallest absolute Gasteiger partial charge is 0.335 e. The van der Waals surface area contributed by atoms with Crippen LogP contribution in [0.2, 0.25) is 0 Å². The average molecular weight is 460 g/mol. The SMILES string of the molecule is O=C(O)c1cccc(C(=O)N2CCC(C3c4nc[nH]c4CCN3C(=O)c3cccnc3)CC2)c1. The highest BCUT2D eigenvalue weighted by Gasteiger charge is 2.40. The molecule has 5 rings (SSSR count). The van der Waals surface area contributed by atoms with E-state index >= 15 is 0 Å². The molecule has 1 aromatic carbocycles. The van der Waals surface area contributed by atoms with E-state index in [0.29, 0.717) is 30.8 Å². The molecule has 2 aliphatic rings. The number of pyridine rings is 1. The molecule has 0 radical (unpaired) electrons. The number of H-pyrrole nitrogens is 1. The van der Waals surface area contributed by atoms with Crippen molar-refractivity contribution in [1.82, 2.24) is 24.8 Å². The second kappa shape index (κ2) is 9.09. The number of fused-ring (bicyclic) bond motifs is 1. The van der Waals surface area contributed by atoms with Crippen LogP contribution in [-0.4, -0.2) is 67.3 Å². The highest BCUT2D eigenvalue weighted by molar-refractivity contribution is 5.97. The summed E-state index contributed by atoms with van der Waals surface area (Å²) >= 11 is 0. The van der Waals surface area contributed by atoms with Crippen molar-refractivity contribution < 1.29 is 19.5 Å². The Morgan fingerprint density at radius 1 is 0.971 bits per heavy atom. The molecule has 1 fully saturated rings. The maximum absolute atomic E-state index is 13.4. The minimum Gasteiger partial charge on any atom is -0.478 e. The van der Waals surface area contributed by atoms with Crippen molar-refractivity contribution in [3.63, 3.8) is 0 Å². The van der Waals surface area contributed by atoms with Crippen LogP contribution in [0.15, 0.2) is 55.1 Å². The summed E-state index contributed by atoms with van der Waals surface area (Å²) < 4.78 is 0. The minimum absolute atomic E-state index is 0.0595. The number of rotatable bonds is 4. The predicted molar refractivity (Wildman–Crippen MR) is 122 cm³/mol. The van der Waals surface area contributed by atoms with Gasteiger partial charge in [0, 0.05) is 49.7 Å². The van der Waals surface area contributed by atoms with Crippen LogP contribution in [0.3, 0.4) is 0 Å². The molecule has 9 heteroatoms. The first kappa shape index (κ1) is 21.8. The number of carboxylic acid groups (broad SMARTS) is 1. The van der Waals surface area contributed by atoms with Gasteiger partial charge in [0.05, 0.1) is 29.2 Å². The highest BCUT2D eigenvalue weighted by atomic mass is 16.4. The number of nitrogens with zero attached hydrogens (tertiary/aromatic N) is 4. The Balaban J connectivity index is 1.34. The number of nitrogens with one attached hydrogen (secondary N) is 1. The van der Waals surface area contributed by atoms with Gasteiger partial charge in [0.1, 0.15) is 0 Å². The Hall–Kier alpha value is -4.01. The van der Waals surface area contributed by atoms with Crippen LogP contribution in [0.4, 0.5) is 0 Å². The zero-order chi connectivity index (χ0) is 23.7. The van der Waals surface area contributed by atoms with Crippen molar-refractivity contribution in [3.8, 4) is 0 Å². The van der Waals surface area contributed by atoms with Gasteiger partial charge >= 0.3 is 5.97 Å². The summed E-state index contributed by atoms with van der Waals surface area (Å²) in [7, 11) is 0. The number of hydrogen-bond acceptors (Lipinski definition) is 5. The van der Waals surface area contributed by atoms with Crippen LogP contribution in [0, 0.1) is 5.92 Å². The van der Waals surface area contributed by atoms with Crippen molar-refractivity contribution in [3.05, 3.63) is 83.2 Å². The lowest BCUT2D eigenvalue weighted by Gasteiger charge is -2.43. The molecule has 1 unspecified atom stereocenters. The van der Waals surface area contributed by atoms with Gasteiger partial charge in [-0.2, -0.15) is 0 Å². The van der Waals surface area contributed by atoms with Crippen molar-refractivity contribution in [1.29, 1.82) is 0 Å². The monoisotopic (exact) mass is 459 g/mol. The standard InChI is InChI=1S/C25H25N5O4/c31-23(17-3-1-4-18(13-17)25(33)34)29-10-6-16(7-11-29)22-21-20(27-15-28-21)8-12-30(22)24(32)19-5-2-9-26-14-19/h1-5,9,13-16,22H,6-8,10-12H2,(H,27,28)(H,33,34). The lowest BCUT2D eigenvalue weighted by Crippen LogP contribution is -2.47. The zero-order valence-electron chi connectivity index (χ0n) is 18.6. The molecule has 9 nitrogen and oxygen atoms in total. The zero-order valence-corrected chi connectivity index (χ0v) is 18.6. The van der Waals surface area contributed by atoms with Crippen LogP contribution < -0.4 is 0 Å². The topological polar surface area (TPSA) is 119 Å². The third-order valence-electron chi connectivity index (χ3n) is 6.77. The summed E-state index contributed by atoms with van der Waals surface area (Å²) in [6.45, 7) is 1.66. The van der Waals surface area contributed by atoms with Crippen LogP contribution in [0.5, 0.6) is 0 Å². The fraction of sp³-hybridized carbons (Fsp3) is 0.320. The van der Waals surface area contributed by atoms with Crippen molar-refractivity contribution in [2.45, 2.75) is 25.3 Å². The maximum Gasteiger partial charge on any atom is 0.335 e. The number of aromatic amines is 1. The molecule has 2 N–H and O–H groups in total. The van der Waals surface area contributed by atoms with Gasteiger partial charge in [-0.1, -0.05) is 6.07 Å². The van der Waals surface area contributed by atoms with Crippen molar-refractivity contribution >= 4 is 17.8 Å². The number of carbonyl (C=O) groups excluding carboxylic acids is 2. The number of aromatic nitrogens is 3. The maximum atomic E-state index is 13.4. The molecule has 2 amide bonds. The molecule has 34 heavy (non-hydrogen) atoms. The molecule has 2 aliphatic heterocycles. The van der Waals surface area contributed by atoms with Crippen LogP contribution >= 0.6 is 0 Å². The fourth-order valence-corrected chi connectivity index (χ4v) is 5.05. The third kappa shape index (κ3) is 4.05. The molecule has 0 spiro atoms. The van der Waals surface area contributed by atoms with Gasteiger partial charge in [-0.25, -0.2) is 9.78 Å². The second-order valence-electron chi connectivity index (χ2n) is 8.72. The summed E-state index contributed by atoms with van der Waals surface area (Å²) in [6.07, 6.45) is 7.08. The summed E-state index contributed by atoms with van der Waals surface area (Å²) in [4.78, 5) is 53.2. The Kier molecular flexibility index (Phi) is 5.83. The van der Waals surface area contributed by atoms with E-state index in [1.54, 1.807) is 47.9 Å². The molecular weight excluding hydrogens is 434 g/mol. The number of imidazole rings is 1. The fourth-order valence-electron chi connectivity index (χ4n) is 5.05. The quantitative estimate of drug-likeness (QED) is 0.619. The summed E-state index contributed by atoms with van der Waals surface area (Å²) in [6, 6.07) is 9.49. The van der Waals surface area contributed by atoms with E-state index in [4.69, 9.17) is 0 Å². The van der Waals surface area contributed by atoms with E-state index < -0.39 is 5.97 Å². The molecule has 2 aromatic heterocycles. The average Bonchev–Trinajstić information content (AvgIpc) is 3.37. The first-order valence-electron chi connectivity index (χ1n) is 11.4. The molecule has 4 heterocycles. The number of carboxylic acids is 1. The number of hydrogen-bond donors (Lipinski definition) is 2. The second-order valence-corrected chi connectivity index (χ2v) is 8.72. The van der Waals surface area contributed by atoms with Gasteiger partial charge in [0.2, 0.25) is 0 Å². The van der Waals surface area contributed by atoms with Crippen molar-refractivity contribution in [2.24, 2.45) is 5.92 Å². The number of likely N-dealkylation sites (tertiary alicyclic amines) is 1. The van der Waals surface area contributed by atoms with Crippen molar-refractivity contribution in [2.75, 3.05) is 19.6 Å². The Labute approximate surface area is 196 Å². The number of piperidine rings is 1. The molecule has 3 aromatic rings. The minimum atomic E-state index is -1.06. The summed E-state index contributed by atoms with van der Waals surface area (Å²) in [5, 5.41) is 9.23. The summed E-state index contributed by atoms with van der Waals surface area (Å²) in [5.74, 6) is -1.14. The Bertz CT molecular complexity index is 1220. The van der Waals surface area contributed by atoms with Crippen LogP contribution in [0.1, 0.15) is 61.3 Å². The van der Waals surface area contributed by atoms with E-state index in [1.807, 2.05) is 4.90 Å². The third-order valence-corrected chi connectivity index (χ3v) is 6.77. The Morgan fingerprint density at radius 3 is 2.47 bits per heavy atom. The largest absolute Gasteiger partial charge is 0.478 e. The number of amides is 2. The Morgan fingerprint density at radius 2 is 1.74 bits per heavy atom. The van der Waals surface area contributed by atoms with E-state index in [2.05, 4.69) is 15.0 Å². The molecule has 1 atom stereocenters. The van der Waals surface area contributed by atoms with Gasteiger partial charge in [-0.3, -0.25) is 14.6 Å². The van der Waals surface area contributed by atoms with Gasteiger partial charge in [0.15, 0.2) is 0 Å². The summed E-state index contributed by atoms with van der Waals surface area (Å²) in [5.41, 5.74) is 2.99. The molecule has 0 aliphatic carbocycles. The number of benzene rings is 1.